The van der Waals surface area contributed by atoms with Gasteiger partial charge in [-0.05, 0) is 36.8 Å². The summed E-state index contributed by atoms with van der Waals surface area (Å²) in [7, 11) is 0. The molecule has 0 bridgehead atoms. The fraction of sp³-hybridized carbons (Fsp3) is 0.154. The van der Waals surface area contributed by atoms with Crippen molar-refractivity contribution in [3.63, 3.8) is 0 Å². The van der Waals surface area contributed by atoms with E-state index in [1.807, 2.05) is 0 Å². The van der Waals surface area contributed by atoms with Crippen molar-refractivity contribution >= 4 is 12.0 Å². The number of cyclic esters (lactones) is 1. The molecule has 0 fully saturated rings. The molecule has 1 unspecified atom stereocenters. The van der Waals surface area contributed by atoms with Crippen LogP contribution in [0.3, 0.4) is 0 Å². The smallest absolute Gasteiger partial charge is 0.331 e. The van der Waals surface area contributed by atoms with Crippen molar-refractivity contribution in [1.82, 2.24) is 0 Å². The third-order valence-corrected chi connectivity index (χ3v) is 2.35. The second-order valence-corrected chi connectivity index (χ2v) is 3.82. The van der Waals surface area contributed by atoms with Gasteiger partial charge in [0.1, 0.15) is 11.4 Å². The van der Waals surface area contributed by atoms with E-state index >= 15 is 0 Å². The average Bonchev–Trinajstić information content (AvgIpc) is 2.59. The quantitative estimate of drug-likeness (QED) is 0.713. The first-order valence-electron chi connectivity index (χ1n) is 4.94. The highest BCUT2D eigenvalue weighted by Gasteiger charge is 2.26. The molecule has 2 nitrogen and oxygen atoms in total. The standard InChI is InChI=1S/C13H11FO2/c1-13(9-7-12(15)16-13)8-6-10-2-4-11(14)5-3-10/h2-9H,1H3/b8-6+. The number of carbonyl (C=O) groups excluding carboxylic acids is 1. The number of hydrogen-bond donors (Lipinski definition) is 0. The van der Waals surface area contributed by atoms with Crippen LogP contribution in [0.1, 0.15) is 12.5 Å². The van der Waals surface area contributed by atoms with Crippen molar-refractivity contribution in [2.45, 2.75) is 12.5 Å². The molecule has 82 valence electrons. The Labute approximate surface area is 93.0 Å². The van der Waals surface area contributed by atoms with E-state index in [1.165, 1.54) is 18.2 Å². The summed E-state index contributed by atoms with van der Waals surface area (Å²) in [6.07, 6.45) is 6.65. The van der Waals surface area contributed by atoms with Crippen LogP contribution >= 0.6 is 0 Å². The summed E-state index contributed by atoms with van der Waals surface area (Å²) in [5.41, 5.74) is 0.171. The predicted molar refractivity (Wildman–Crippen MR) is 59.1 cm³/mol. The third kappa shape index (κ3) is 2.37. The minimum atomic E-state index is -0.689. The van der Waals surface area contributed by atoms with Crippen LogP contribution in [0, 0.1) is 5.82 Å². The Morgan fingerprint density at radius 2 is 2.00 bits per heavy atom. The van der Waals surface area contributed by atoms with E-state index in [-0.39, 0.29) is 11.8 Å². The Kier molecular flexibility index (Phi) is 2.60. The van der Waals surface area contributed by atoms with Crippen molar-refractivity contribution in [3.8, 4) is 0 Å². The molecule has 1 aliphatic heterocycles. The molecule has 0 amide bonds. The summed E-state index contributed by atoms with van der Waals surface area (Å²) in [5.74, 6) is -0.609. The summed E-state index contributed by atoms with van der Waals surface area (Å²) >= 11 is 0. The lowest BCUT2D eigenvalue weighted by Gasteiger charge is -2.16. The molecule has 0 saturated heterocycles. The highest BCUT2D eigenvalue weighted by Crippen LogP contribution is 2.22. The maximum atomic E-state index is 12.6. The van der Waals surface area contributed by atoms with Crippen LogP contribution in [0.4, 0.5) is 4.39 Å². The molecular weight excluding hydrogens is 207 g/mol. The number of esters is 1. The molecule has 16 heavy (non-hydrogen) atoms. The van der Waals surface area contributed by atoms with E-state index in [0.29, 0.717) is 0 Å². The zero-order chi connectivity index (χ0) is 11.6. The molecular formula is C13H11FO2. The van der Waals surface area contributed by atoms with Gasteiger partial charge in [-0.2, -0.15) is 0 Å². The second kappa shape index (κ2) is 3.93. The van der Waals surface area contributed by atoms with Gasteiger partial charge >= 0.3 is 5.97 Å². The van der Waals surface area contributed by atoms with Crippen LogP contribution < -0.4 is 0 Å². The summed E-state index contributed by atoms with van der Waals surface area (Å²) in [5, 5.41) is 0. The second-order valence-electron chi connectivity index (χ2n) is 3.82. The topological polar surface area (TPSA) is 26.3 Å². The number of rotatable bonds is 2. The van der Waals surface area contributed by atoms with Gasteiger partial charge in [-0.3, -0.25) is 0 Å². The first-order chi connectivity index (χ1) is 7.57. The van der Waals surface area contributed by atoms with Crippen molar-refractivity contribution in [2.75, 3.05) is 0 Å². The van der Waals surface area contributed by atoms with E-state index in [1.54, 1.807) is 37.3 Å². The molecule has 1 aliphatic rings. The van der Waals surface area contributed by atoms with Gasteiger partial charge in [-0.25, -0.2) is 9.18 Å². The molecule has 1 heterocycles. The van der Waals surface area contributed by atoms with Gasteiger partial charge in [-0.1, -0.05) is 18.2 Å². The number of hydrogen-bond acceptors (Lipinski definition) is 2. The maximum absolute atomic E-state index is 12.6. The van der Waals surface area contributed by atoms with E-state index in [0.717, 1.165) is 5.56 Å². The first kappa shape index (κ1) is 10.6. The molecule has 0 saturated carbocycles. The average molecular weight is 218 g/mol. The van der Waals surface area contributed by atoms with Crippen LogP contribution in [0.15, 0.2) is 42.5 Å². The van der Waals surface area contributed by atoms with Crippen molar-refractivity contribution < 1.29 is 13.9 Å². The lowest BCUT2D eigenvalue weighted by atomic mass is 10.1. The minimum Gasteiger partial charge on any atom is -0.448 e. The summed E-state index contributed by atoms with van der Waals surface area (Å²) in [4.78, 5) is 10.9. The van der Waals surface area contributed by atoms with Gasteiger partial charge in [-0.15, -0.1) is 0 Å². The van der Waals surface area contributed by atoms with Gasteiger partial charge in [0.25, 0.3) is 0 Å². The Balaban J connectivity index is 2.13. The zero-order valence-electron chi connectivity index (χ0n) is 8.81. The Morgan fingerprint density at radius 3 is 2.56 bits per heavy atom. The van der Waals surface area contributed by atoms with Gasteiger partial charge in [0.05, 0.1) is 0 Å². The van der Waals surface area contributed by atoms with Crippen molar-refractivity contribution in [3.05, 3.63) is 53.9 Å². The Morgan fingerprint density at radius 1 is 1.31 bits per heavy atom. The SMILES string of the molecule is CC1(/C=C/c2ccc(F)cc2)C=CC(=O)O1. The fourth-order valence-corrected chi connectivity index (χ4v) is 1.44. The number of ether oxygens (including phenoxy) is 1. The summed E-state index contributed by atoms with van der Waals surface area (Å²) in [6, 6.07) is 6.10. The molecule has 1 aromatic rings. The maximum Gasteiger partial charge on any atom is 0.331 e. The lowest BCUT2D eigenvalue weighted by molar-refractivity contribution is -0.141. The van der Waals surface area contributed by atoms with E-state index in [9.17, 15) is 9.18 Å². The molecule has 1 atom stereocenters. The highest BCUT2D eigenvalue weighted by molar-refractivity contribution is 5.85. The van der Waals surface area contributed by atoms with Crippen LogP contribution in [0.2, 0.25) is 0 Å². The molecule has 0 N–H and O–H groups in total. The van der Waals surface area contributed by atoms with Gasteiger partial charge in [0.15, 0.2) is 0 Å². The number of benzene rings is 1. The number of carbonyl (C=O) groups is 1. The van der Waals surface area contributed by atoms with Gasteiger partial charge in [0.2, 0.25) is 0 Å². The third-order valence-electron chi connectivity index (χ3n) is 2.35. The molecule has 0 aromatic heterocycles. The van der Waals surface area contributed by atoms with Crippen LogP contribution in [-0.4, -0.2) is 11.6 Å². The highest BCUT2D eigenvalue weighted by atomic mass is 19.1. The molecule has 0 spiro atoms. The summed E-state index contributed by atoms with van der Waals surface area (Å²) in [6.45, 7) is 1.79. The first-order valence-corrected chi connectivity index (χ1v) is 4.94. The van der Waals surface area contributed by atoms with E-state index < -0.39 is 5.60 Å². The van der Waals surface area contributed by atoms with E-state index in [2.05, 4.69) is 0 Å². The predicted octanol–water partition coefficient (Wildman–Crippen LogP) is 2.71. The van der Waals surface area contributed by atoms with Gasteiger partial charge in [0, 0.05) is 6.08 Å². The van der Waals surface area contributed by atoms with Crippen molar-refractivity contribution in [2.24, 2.45) is 0 Å². The zero-order valence-corrected chi connectivity index (χ0v) is 8.81. The largest absolute Gasteiger partial charge is 0.448 e. The van der Waals surface area contributed by atoms with Crippen molar-refractivity contribution in [1.29, 1.82) is 0 Å². The summed E-state index contributed by atoms with van der Waals surface area (Å²) < 4.78 is 17.7. The molecule has 1 aromatic carbocycles. The lowest BCUT2D eigenvalue weighted by Crippen LogP contribution is -2.20. The minimum absolute atomic E-state index is 0.268. The van der Waals surface area contributed by atoms with Crippen LogP contribution in [-0.2, 0) is 9.53 Å². The molecule has 0 radical (unpaired) electrons. The molecule has 2 rings (SSSR count). The van der Waals surface area contributed by atoms with Crippen LogP contribution in [0.25, 0.3) is 6.08 Å². The molecule has 0 aliphatic carbocycles. The number of halogens is 1. The fourth-order valence-electron chi connectivity index (χ4n) is 1.44. The molecule has 3 heteroatoms. The normalized spacial score (nSPS) is 24.0. The Hall–Kier alpha value is -1.90. The van der Waals surface area contributed by atoms with Crippen LogP contribution in [0.5, 0.6) is 0 Å². The Bertz CT molecular complexity index is 459. The van der Waals surface area contributed by atoms with Gasteiger partial charge < -0.3 is 4.74 Å². The monoisotopic (exact) mass is 218 g/mol. The van der Waals surface area contributed by atoms with E-state index in [4.69, 9.17) is 4.74 Å².